The fourth-order valence-electron chi connectivity index (χ4n) is 2.09. The van der Waals surface area contributed by atoms with E-state index in [2.05, 4.69) is 4.72 Å². The Morgan fingerprint density at radius 1 is 1.24 bits per heavy atom. The molecule has 0 radical (unpaired) electrons. The molecule has 0 saturated heterocycles. The first-order valence-corrected chi connectivity index (χ1v) is 7.83. The monoisotopic (exact) mass is 264 g/mol. The lowest BCUT2D eigenvalue weighted by Crippen LogP contribution is -2.59. The van der Waals surface area contributed by atoms with Crippen LogP contribution in [0.5, 0.6) is 0 Å². The van der Waals surface area contributed by atoms with Crippen LogP contribution in [0.3, 0.4) is 0 Å². The maximum absolute atomic E-state index is 12.2. The molecule has 1 rings (SSSR count). The van der Waals surface area contributed by atoms with Gasteiger partial charge in [-0.1, -0.05) is 13.8 Å². The van der Waals surface area contributed by atoms with Gasteiger partial charge in [0.15, 0.2) is 0 Å². The van der Waals surface area contributed by atoms with E-state index in [0.29, 0.717) is 13.1 Å². The van der Waals surface area contributed by atoms with E-state index in [0.717, 1.165) is 32.1 Å². The molecule has 1 aliphatic rings. The lowest BCUT2D eigenvalue weighted by atomic mass is 9.78. The van der Waals surface area contributed by atoms with E-state index < -0.39 is 15.7 Å². The van der Waals surface area contributed by atoms with Crippen molar-refractivity contribution < 1.29 is 13.5 Å². The summed E-state index contributed by atoms with van der Waals surface area (Å²) in [5, 5.41) is 9.30. The summed E-state index contributed by atoms with van der Waals surface area (Å²) in [5.74, 6) is 0. The molecule has 0 bridgehead atoms. The van der Waals surface area contributed by atoms with Crippen molar-refractivity contribution in [3.05, 3.63) is 0 Å². The lowest BCUT2D eigenvalue weighted by molar-refractivity contribution is 0.108. The molecule has 0 amide bonds. The summed E-state index contributed by atoms with van der Waals surface area (Å²) in [7, 11) is -3.45. The van der Waals surface area contributed by atoms with Gasteiger partial charge in [-0.2, -0.15) is 17.4 Å². The van der Waals surface area contributed by atoms with E-state index in [1.165, 1.54) is 4.31 Å². The minimum absolute atomic E-state index is 0.113. The van der Waals surface area contributed by atoms with Gasteiger partial charge in [-0.3, -0.25) is 0 Å². The molecule has 1 saturated carbocycles. The number of aliphatic hydroxyl groups is 1. The van der Waals surface area contributed by atoms with Gasteiger partial charge in [0.05, 0.1) is 12.1 Å². The zero-order chi connectivity index (χ0) is 12.9. The van der Waals surface area contributed by atoms with E-state index in [4.69, 9.17) is 0 Å². The van der Waals surface area contributed by atoms with E-state index >= 15 is 0 Å². The van der Waals surface area contributed by atoms with Crippen LogP contribution in [0.4, 0.5) is 0 Å². The van der Waals surface area contributed by atoms with Crippen molar-refractivity contribution in [2.45, 2.75) is 51.5 Å². The first-order chi connectivity index (χ1) is 7.99. The number of rotatable bonds is 8. The Morgan fingerprint density at radius 3 is 2.06 bits per heavy atom. The Labute approximate surface area is 104 Å². The Hall–Kier alpha value is -0.170. The Bertz CT molecular complexity index is 314. The van der Waals surface area contributed by atoms with Gasteiger partial charge in [0.2, 0.25) is 0 Å². The second kappa shape index (κ2) is 6.13. The van der Waals surface area contributed by atoms with E-state index in [9.17, 15) is 13.5 Å². The summed E-state index contributed by atoms with van der Waals surface area (Å²) >= 11 is 0. The molecule has 6 heteroatoms. The van der Waals surface area contributed by atoms with Crippen molar-refractivity contribution in [1.29, 1.82) is 0 Å². The van der Waals surface area contributed by atoms with Crippen molar-refractivity contribution in [2.75, 3.05) is 19.7 Å². The minimum atomic E-state index is -3.45. The molecule has 5 nitrogen and oxygen atoms in total. The average Bonchev–Trinajstić information content (AvgIpc) is 2.23. The highest BCUT2D eigenvalue weighted by atomic mass is 32.2. The molecule has 0 aromatic carbocycles. The third-order valence-electron chi connectivity index (χ3n) is 3.24. The summed E-state index contributed by atoms with van der Waals surface area (Å²) in [6.07, 6.45) is 4.04. The highest BCUT2D eigenvalue weighted by molar-refractivity contribution is 7.87. The predicted octanol–water partition coefficient (Wildman–Crippen LogP) is 0.858. The topological polar surface area (TPSA) is 69.6 Å². The van der Waals surface area contributed by atoms with Gasteiger partial charge in [-0.25, -0.2) is 0 Å². The molecule has 0 spiro atoms. The second-order valence-corrected chi connectivity index (χ2v) is 6.47. The largest absolute Gasteiger partial charge is 0.394 e. The van der Waals surface area contributed by atoms with Gasteiger partial charge < -0.3 is 5.11 Å². The zero-order valence-electron chi connectivity index (χ0n) is 10.8. The first-order valence-electron chi connectivity index (χ1n) is 6.39. The van der Waals surface area contributed by atoms with Crippen molar-refractivity contribution in [1.82, 2.24) is 9.03 Å². The third-order valence-corrected chi connectivity index (χ3v) is 4.98. The molecule has 0 atom stereocenters. The molecule has 0 aromatic heterocycles. The Kier molecular flexibility index (Phi) is 5.37. The molecule has 17 heavy (non-hydrogen) atoms. The fourth-order valence-corrected chi connectivity index (χ4v) is 3.88. The Morgan fingerprint density at radius 2 is 1.76 bits per heavy atom. The summed E-state index contributed by atoms with van der Waals surface area (Å²) in [6, 6.07) is 0. The van der Waals surface area contributed by atoms with Crippen LogP contribution in [-0.2, 0) is 10.2 Å². The molecule has 102 valence electrons. The Balaban J connectivity index is 2.70. The van der Waals surface area contributed by atoms with Crippen LogP contribution in [0.15, 0.2) is 0 Å². The number of nitrogens with zero attached hydrogens (tertiary/aromatic N) is 1. The number of nitrogens with one attached hydrogen (secondary N) is 1. The standard InChI is InChI=1S/C11H24N2O3S/c1-3-8-13(9-4-2)17(15,16)12-11(10-14)6-5-7-11/h12,14H,3-10H2,1-2H3. The minimum Gasteiger partial charge on any atom is -0.394 e. The van der Waals surface area contributed by atoms with Gasteiger partial charge in [0.25, 0.3) is 10.2 Å². The van der Waals surface area contributed by atoms with Gasteiger partial charge >= 0.3 is 0 Å². The smallest absolute Gasteiger partial charge is 0.280 e. The SMILES string of the molecule is CCCN(CCC)S(=O)(=O)NC1(CO)CCC1. The average molecular weight is 264 g/mol. The van der Waals surface area contributed by atoms with Crippen LogP contribution in [0.25, 0.3) is 0 Å². The third kappa shape index (κ3) is 3.64. The quantitative estimate of drug-likeness (QED) is 0.683. The summed E-state index contributed by atoms with van der Waals surface area (Å²) < 4.78 is 28.5. The molecule has 1 fully saturated rings. The van der Waals surface area contributed by atoms with Crippen LogP contribution in [0.2, 0.25) is 0 Å². The predicted molar refractivity (Wildman–Crippen MR) is 67.9 cm³/mol. The molecule has 1 aliphatic carbocycles. The van der Waals surface area contributed by atoms with Crippen molar-refractivity contribution in [3.8, 4) is 0 Å². The van der Waals surface area contributed by atoms with Crippen molar-refractivity contribution >= 4 is 10.2 Å². The van der Waals surface area contributed by atoms with Crippen LogP contribution >= 0.6 is 0 Å². The van der Waals surface area contributed by atoms with Crippen LogP contribution in [0, 0.1) is 0 Å². The molecule has 0 unspecified atom stereocenters. The molecular formula is C11H24N2O3S. The molecule has 2 N–H and O–H groups in total. The van der Waals surface area contributed by atoms with Crippen LogP contribution < -0.4 is 4.72 Å². The molecule has 0 aromatic rings. The zero-order valence-corrected chi connectivity index (χ0v) is 11.6. The normalized spacial score (nSPS) is 19.3. The van der Waals surface area contributed by atoms with Crippen LogP contribution in [0.1, 0.15) is 46.0 Å². The number of aliphatic hydroxyl groups excluding tert-OH is 1. The van der Waals surface area contributed by atoms with Gasteiger partial charge in [-0.05, 0) is 32.1 Å². The second-order valence-electron chi connectivity index (χ2n) is 4.80. The van der Waals surface area contributed by atoms with E-state index in [-0.39, 0.29) is 6.61 Å². The van der Waals surface area contributed by atoms with Gasteiger partial charge in [-0.15, -0.1) is 0 Å². The molecule has 0 aliphatic heterocycles. The maximum Gasteiger partial charge on any atom is 0.280 e. The number of hydrogen-bond acceptors (Lipinski definition) is 3. The van der Waals surface area contributed by atoms with Crippen molar-refractivity contribution in [3.63, 3.8) is 0 Å². The molecule has 0 heterocycles. The summed E-state index contributed by atoms with van der Waals surface area (Å²) in [6.45, 7) is 4.88. The van der Waals surface area contributed by atoms with Gasteiger partial charge in [0.1, 0.15) is 0 Å². The van der Waals surface area contributed by atoms with Crippen LogP contribution in [-0.4, -0.2) is 43.1 Å². The van der Waals surface area contributed by atoms with E-state index in [1.807, 2.05) is 13.8 Å². The summed E-state index contributed by atoms with van der Waals surface area (Å²) in [4.78, 5) is 0. The number of hydrogen-bond donors (Lipinski definition) is 2. The first kappa shape index (κ1) is 14.9. The molecular weight excluding hydrogens is 240 g/mol. The van der Waals surface area contributed by atoms with Crippen molar-refractivity contribution in [2.24, 2.45) is 0 Å². The van der Waals surface area contributed by atoms with E-state index in [1.54, 1.807) is 0 Å². The maximum atomic E-state index is 12.2. The lowest BCUT2D eigenvalue weighted by Gasteiger charge is -2.41. The highest BCUT2D eigenvalue weighted by Crippen LogP contribution is 2.32. The fraction of sp³-hybridized carbons (Fsp3) is 1.00. The summed E-state index contributed by atoms with van der Waals surface area (Å²) in [5.41, 5.74) is -0.599. The highest BCUT2D eigenvalue weighted by Gasteiger charge is 2.41. The van der Waals surface area contributed by atoms with Gasteiger partial charge in [0, 0.05) is 13.1 Å².